The molecule has 6 rings (SSSR count). The summed E-state index contributed by atoms with van der Waals surface area (Å²) < 4.78 is 26.3. The quantitative estimate of drug-likeness (QED) is 0.129. The summed E-state index contributed by atoms with van der Waals surface area (Å²) in [5.41, 5.74) is 4.56. The molecule has 4 aromatic rings. The maximum Gasteiger partial charge on any atom is 1.00 e. The molecule has 1 N–H and O–H groups in total. The minimum absolute atomic E-state index is 0. The van der Waals surface area contributed by atoms with E-state index in [1.807, 2.05) is 36.5 Å². The van der Waals surface area contributed by atoms with Crippen LogP contribution in [0.3, 0.4) is 0 Å². The minimum Gasteiger partial charge on any atom is -0.870 e. The van der Waals surface area contributed by atoms with Gasteiger partial charge in [0.25, 0.3) is 11.4 Å². The minimum atomic E-state index is -1.00. The Kier molecular flexibility index (Phi) is 17.7. The molecular formula is C31H33BrFN4NaO7. The van der Waals surface area contributed by atoms with E-state index in [1.54, 1.807) is 18.3 Å². The van der Waals surface area contributed by atoms with Gasteiger partial charge < -0.3 is 19.8 Å². The zero-order chi connectivity index (χ0) is 31.7. The summed E-state index contributed by atoms with van der Waals surface area (Å²) in [6.07, 6.45) is 5.55. The fraction of sp³-hybridized carbons (Fsp3) is 0.258. The number of nitro benzene ring substituents is 2. The van der Waals surface area contributed by atoms with Crippen LogP contribution >= 0.6 is 15.9 Å². The Morgan fingerprint density at radius 3 is 2.16 bits per heavy atom. The number of nitro groups is 2. The molecule has 45 heavy (non-hydrogen) atoms. The van der Waals surface area contributed by atoms with E-state index in [2.05, 4.69) is 37.9 Å². The molecule has 3 heterocycles. The van der Waals surface area contributed by atoms with Crippen LogP contribution in [-0.2, 0) is 18.3 Å². The van der Waals surface area contributed by atoms with Gasteiger partial charge in [-0.05, 0) is 47.7 Å². The predicted octanol–water partition coefficient (Wildman–Crippen LogP) is 4.30. The number of anilines is 1. The van der Waals surface area contributed by atoms with E-state index in [0.717, 1.165) is 42.5 Å². The molecule has 1 aromatic heterocycles. The number of alkyl halides is 2. The third kappa shape index (κ3) is 12.4. The number of hydrogen-bond acceptors (Lipinski definition) is 9. The number of rotatable bonds is 5. The van der Waals surface area contributed by atoms with Crippen LogP contribution in [0.4, 0.5) is 21.5 Å². The Bertz CT molecular complexity index is 1500. The second-order valence-corrected chi connectivity index (χ2v) is 9.72. The first-order valence-electron chi connectivity index (χ1n) is 14.0. The second kappa shape index (κ2) is 21.2. The fourth-order valence-electron chi connectivity index (χ4n) is 4.27. The van der Waals surface area contributed by atoms with Crippen LogP contribution in [-0.4, -0.2) is 47.2 Å². The molecule has 14 heteroatoms. The molecule has 0 spiro atoms. The van der Waals surface area contributed by atoms with Gasteiger partial charge in [0.05, 0.1) is 49.3 Å². The van der Waals surface area contributed by atoms with Gasteiger partial charge in [0, 0.05) is 36.4 Å². The van der Waals surface area contributed by atoms with E-state index >= 15 is 0 Å². The van der Waals surface area contributed by atoms with Crippen molar-refractivity contribution >= 4 is 33.0 Å². The molecule has 0 unspecified atom stereocenters. The van der Waals surface area contributed by atoms with Crippen LogP contribution in [0.1, 0.15) is 24.5 Å². The smallest absolute Gasteiger partial charge is 0.870 e. The van der Waals surface area contributed by atoms with Gasteiger partial charge in [-0.25, -0.2) is 0 Å². The van der Waals surface area contributed by atoms with Crippen LogP contribution in [0.5, 0.6) is 11.5 Å². The second-order valence-electron chi connectivity index (χ2n) is 9.16. The van der Waals surface area contributed by atoms with Gasteiger partial charge in [-0.15, -0.1) is 0 Å². The Labute approximate surface area is 292 Å². The van der Waals surface area contributed by atoms with E-state index in [9.17, 15) is 24.6 Å². The van der Waals surface area contributed by atoms with E-state index in [0.29, 0.717) is 24.7 Å². The summed E-state index contributed by atoms with van der Waals surface area (Å²) in [7, 11) is -1.00. The average molecular weight is 697 g/mol. The van der Waals surface area contributed by atoms with E-state index in [-0.39, 0.29) is 46.4 Å². The number of non-ortho nitro benzene ring substituents is 2. The van der Waals surface area contributed by atoms with Gasteiger partial charge in [-0.1, -0.05) is 52.3 Å². The van der Waals surface area contributed by atoms with Crippen molar-refractivity contribution in [2.24, 2.45) is 0 Å². The Balaban J connectivity index is 0.000000351. The maximum atomic E-state index is 10.8. The van der Waals surface area contributed by atoms with Crippen molar-refractivity contribution in [3.63, 3.8) is 0 Å². The van der Waals surface area contributed by atoms with E-state index < -0.39 is 17.0 Å². The molecule has 0 saturated heterocycles. The number of aromatic nitrogens is 1. The van der Waals surface area contributed by atoms with Crippen molar-refractivity contribution in [1.82, 2.24) is 4.98 Å². The largest absolute Gasteiger partial charge is 1.00 e. The Morgan fingerprint density at radius 2 is 1.56 bits per heavy atom. The van der Waals surface area contributed by atoms with Crippen molar-refractivity contribution in [1.29, 1.82) is 0 Å². The molecule has 0 saturated carbocycles. The number of fused-ring (bicyclic) bond motifs is 2. The molecule has 0 atom stereocenters. The van der Waals surface area contributed by atoms with Gasteiger partial charge in [-0.3, -0.25) is 29.6 Å². The van der Waals surface area contributed by atoms with Crippen LogP contribution in [0.15, 0.2) is 91.3 Å². The van der Waals surface area contributed by atoms with Crippen LogP contribution < -0.4 is 43.9 Å². The number of halogens is 2. The molecular weight excluding hydrogens is 662 g/mol. The van der Waals surface area contributed by atoms with E-state index in [1.165, 1.54) is 35.4 Å². The predicted molar refractivity (Wildman–Crippen MR) is 169 cm³/mol. The fourth-order valence-corrected chi connectivity index (χ4v) is 4.60. The molecule has 2 aliphatic rings. The molecule has 234 valence electrons. The van der Waals surface area contributed by atoms with Crippen LogP contribution in [0.2, 0.25) is 0 Å². The van der Waals surface area contributed by atoms with Crippen molar-refractivity contribution in [2.45, 2.75) is 24.7 Å². The van der Waals surface area contributed by atoms with Gasteiger partial charge in [0.1, 0.15) is 18.1 Å². The maximum absolute atomic E-state index is 10.8. The molecule has 0 amide bonds. The molecule has 0 radical (unpaired) electrons. The summed E-state index contributed by atoms with van der Waals surface area (Å²) in [6.45, 7) is 2.75. The van der Waals surface area contributed by atoms with Gasteiger partial charge >= 0.3 is 29.6 Å². The zero-order valence-corrected chi connectivity index (χ0v) is 28.3. The van der Waals surface area contributed by atoms with Crippen molar-refractivity contribution < 1.29 is 60.1 Å². The molecule has 0 fully saturated rings. The number of ether oxygens (including phenoxy) is 2. The number of hydrogen-bond donors (Lipinski definition) is 0. The molecule has 0 bridgehead atoms. The number of nitrogens with zero attached hydrogens (tertiary/aromatic N) is 4. The number of aryl methyl sites for hydroxylation is 1. The third-order valence-corrected chi connectivity index (χ3v) is 6.96. The monoisotopic (exact) mass is 695 g/mol. The van der Waals surface area contributed by atoms with Gasteiger partial charge in [0.15, 0.2) is 0 Å². The van der Waals surface area contributed by atoms with Gasteiger partial charge in [-0.2, -0.15) is 0 Å². The molecule has 0 aliphatic carbocycles. The molecule has 2 aliphatic heterocycles. The first-order chi connectivity index (χ1) is 21.4. The SMILES string of the molecule is BrCc1cccnc1.O=[N+]([O-])c1ccc2c(c1)OCCC2.O=[N+]([O-])c1ccc2c(c1)OCCN2Cc1ccccc1.[2H]CF.[Na+].[OH-]. The average Bonchev–Trinajstić information content (AvgIpc) is 3.06. The normalized spacial score (nSPS) is 12.2. The number of benzene rings is 3. The summed E-state index contributed by atoms with van der Waals surface area (Å²) in [5, 5.41) is 22.1. The third-order valence-electron chi connectivity index (χ3n) is 6.32. The zero-order valence-electron chi connectivity index (χ0n) is 25.8. The van der Waals surface area contributed by atoms with Crippen LogP contribution in [0, 0.1) is 20.2 Å². The number of pyridine rings is 1. The first kappa shape index (κ1) is 37.6. The van der Waals surface area contributed by atoms with Crippen LogP contribution in [0.25, 0.3) is 0 Å². The molecule has 11 nitrogen and oxygen atoms in total. The molecule has 3 aromatic carbocycles. The van der Waals surface area contributed by atoms with Gasteiger partial charge in [0.2, 0.25) is 0 Å². The summed E-state index contributed by atoms with van der Waals surface area (Å²) in [5.74, 6) is 1.25. The van der Waals surface area contributed by atoms with Crippen molar-refractivity contribution in [3.05, 3.63) is 128 Å². The summed E-state index contributed by atoms with van der Waals surface area (Å²) in [4.78, 5) is 26.5. The van der Waals surface area contributed by atoms with E-state index in [4.69, 9.17) is 10.8 Å². The van der Waals surface area contributed by atoms with Crippen molar-refractivity contribution in [3.8, 4) is 11.5 Å². The summed E-state index contributed by atoms with van der Waals surface area (Å²) in [6, 6.07) is 23.7. The Hall–Kier alpha value is -3.62. The standard InChI is InChI=1S/C15H14N2O3.C9H9NO3.C6H6BrN.CH3F.Na.H2O/c18-17(19)13-6-7-14-15(10-13)20-9-8-16(14)11-12-4-2-1-3-5-12;11-10(12)8-4-3-7-2-1-5-13-9(7)6-8;7-4-6-2-1-3-8-5-6;1-2;;/h1-7,10H,8-9,11H2;3-4,6H,1-2,5H2;1-3,5H,4H2;1H3;;1H2/q;;;;+1;/p-1/i;;;1D;;. The Morgan fingerprint density at radius 1 is 0.933 bits per heavy atom. The topological polar surface area (TPSA) is 151 Å². The first-order valence-corrected chi connectivity index (χ1v) is 14.4. The summed E-state index contributed by atoms with van der Waals surface area (Å²) >= 11 is 3.32. The van der Waals surface area contributed by atoms with Crippen molar-refractivity contribution in [2.75, 3.05) is 31.8 Å².